The third-order valence-corrected chi connectivity index (χ3v) is 17.6. The summed E-state index contributed by atoms with van der Waals surface area (Å²) in [4.78, 5) is 145. The van der Waals surface area contributed by atoms with Crippen LogP contribution in [-0.2, 0) is 43.2 Å². The second-order valence-corrected chi connectivity index (χ2v) is 24.1. The Bertz CT molecular complexity index is 2520. The number of hydrogen-bond donors (Lipinski definition) is 9. The molecule has 2 saturated heterocycles. The van der Waals surface area contributed by atoms with Gasteiger partial charge in [0.05, 0.1) is 50.3 Å². The Morgan fingerprint density at radius 3 is 1.48 bits per heavy atom. The molecular weight excluding hydrogens is 1150 g/mol. The Balaban J connectivity index is 1.50. The number of nitrogens with one attached hydrogen (secondary N) is 4. The van der Waals surface area contributed by atoms with Crippen molar-refractivity contribution in [3.8, 4) is 0 Å². The molecule has 14 N–H and O–H groups in total. The summed E-state index contributed by atoms with van der Waals surface area (Å²) in [5.41, 5.74) is 30.5. The van der Waals surface area contributed by atoms with E-state index in [2.05, 4.69) is 21.3 Å². The molecule has 2 unspecified atom stereocenters. The van der Waals surface area contributed by atoms with Gasteiger partial charge in [0.2, 0.25) is 53.2 Å². The average molecular weight is 1250 g/mol. The van der Waals surface area contributed by atoms with Crippen LogP contribution in [0.1, 0.15) is 140 Å². The highest BCUT2D eigenvalue weighted by Gasteiger charge is 2.42. The van der Waals surface area contributed by atoms with Crippen molar-refractivity contribution in [3.05, 3.63) is 71.8 Å². The number of benzene rings is 2. The van der Waals surface area contributed by atoms with Gasteiger partial charge in [0, 0.05) is 57.1 Å². The van der Waals surface area contributed by atoms with E-state index in [9.17, 15) is 47.9 Å². The second-order valence-electron chi connectivity index (χ2n) is 22.8. The summed E-state index contributed by atoms with van der Waals surface area (Å²) in [6.45, 7) is 4.74. The minimum Gasteiger partial charge on any atom is -0.368 e. The van der Waals surface area contributed by atoms with E-state index in [0.29, 0.717) is 133 Å². The third kappa shape index (κ3) is 25.7. The number of carbonyl (C=O) groups is 10. The maximum atomic E-state index is 15.0. The van der Waals surface area contributed by atoms with Crippen LogP contribution in [0.3, 0.4) is 0 Å². The smallest absolute Gasteiger partial charge is 0.315 e. The molecule has 2 aromatic rings. The van der Waals surface area contributed by atoms with Crippen LogP contribution in [0, 0.1) is 0 Å². The van der Waals surface area contributed by atoms with Gasteiger partial charge in [0.25, 0.3) is 0 Å². The van der Waals surface area contributed by atoms with E-state index in [0.717, 1.165) is 18.6 Å². The highest BCUT2D eigenvalue weighted by molar-refractivity contribution is 8.00. The summed E-state index contributed by atoms with van der Waals surface area (Å²) in [7, 11) is 0. The maximum absolute atomic E-state index is 15.0. The standard InChI is InChI=1S/C62H101N15O10S/c1-45(48-22-6-4-7-23-48)76(38-54(80)69-50(61(67)86)26-12-17-33-68-53(79)28-11-10-27-52-60-51(44-88-52)70-62(87)71-60)58(84)41-75(37-21-16-32-66)57(83)43-77(46(2)49-24-8-5-9-25-49)59(85)42-74(36-20-15-31-65)56(82)40-73(35-19-14-30-64)55(81)39-72(47(3)78)34-18-13-29-63/h4-9,22-25,45-46,50-52,60H,10-21,26-44,63-66H2,1-3H3,(H2,67,86)(H,68,79)(H,69,80)(H2,70,71,87)/t45-,46-,50?,51-,52?,60-/m0/s1. The summed E-state index contributed by atoms with van der Waals surface area (Å²) in [6, 6.07) is 15.7. The number of nitrogens with zero attached hydrogens (tertiary/aromatic N) is 6. The number of urea groups is 1. The fraction of sp³-hybridized carbons (Fsp3) is 0.645. The van der Waals surface area contributed by atoms with E-state index in [1.807, 2.05) is 36.0 Å². The molecule has 26 heteroatoms. The van der Waals surface area contributed by atoms with Gasteiger partial charge in [0.1, 0.15) is 19.1 Å². The van der Waals surface area contributed by atoms with Crippen molar-refractivity contribution in [2.24, 2.45) is 28.7 Å². The first kappa shape index (κ1) is 73.6. The molecule has 0 aliphatic carbocycles. The summed E-state index contributed by atoms with van der Waals surface area (Å²) < 4.78 is 0. The molecule has 0 radical (unpaired) electrons. The molecule has 0 aromatic heterocycles. The van der Waals surface area contributed by atoms with E-state index < -0.39 is 85.7 Å². The first-order valence-corrected chi connectivity index (χ1v) is 32.5. The van der Waals surface area contributed by atoms with Crippen LogP contribution in [0.15, 0.2) is 60.7 Å². The van der Waals surface area contributed by atoms with Gasteiger partial charge in [-0.25, -0.2) is 4.79 Å². The first-order valence-electron chi connectivity index (χ1n) is 31.4. The van der Waals surface area contributed by atoms with Crippen LogP contribution in [0.2, 0.25) is 0 Å². The van der Waals surface area contributed by atoms with Gasteiger partial charge in [-0.2, -0.15) is 11.8 Å². The molecule has 25 nitrogen and oxygen atoms in total. The number of primary amides is 1. The lowest BCUT2D eigenvalue weighted by molar-refractivity contribution is -0.149. The molecule has 4 rings (SSSR count). The van der Waals surface area contributed by atoms with E-state index in [1.165, 1.54) is 36.3 Å². The van der Waals surface area contributed by atoms with E-state index >= 15 is 0 Å². The molecule has 2 aliphatic rings. The Morgan fingerprint density at radius 2 is 1.00 bits per heavy atom. The molecule has 2 aliphatic heterocycles. The molecular formula is C62H101N15O10S. The molecule has 11 amide bonds. The zero-order valence-electron chi connectivity index (χ0n) is 52.2. The van der Waals surface area contributed by atoms with Crippen LogP contribution in [-0.4, -0.2) is 216 Å². The first-order chi connectivity index (χ1) is 42.3. The van der Waals surface area contributed by atoms with Crippen molar-refractivity contribution < 1.29 is 47.9 Å². The molecule has 88 heavy (non-hydrogen) atoms. The fourth-order valence-electron chi connectivity index (χ4n) is 10.7. The van der Waals surface area contributed by atoms with Crippen molar-refractivity contribution >= 4 is 71.0 Å². The summed E-state index contributed by atoms with van der Waals surface area (Å²) in [5, 5.41) is 11.9. The Labute approximate surface area is 524 Å². The topological polar surface area (TPSA) is 368 Å². The lowest BCUT2D eigenvalue weighted by atomic mass is 10.0. The van der Waals surface area contributed by atoms with Crippen molar-refractivity contribution in [2.45, 2.75) is 153 Å². The van der Waals surface area contributed by atoms with Crippen molar-refractivity contribution in [1.29, 1.82) is 0 Å². The Kier molecular flexibility index (Phi) is 34.0. The predicted molar refractivity (Wildman–Crippen MR) is 340 cm³/mol. The highest BCUT2D eigenvalue weighted by Crippen LogP contribution is 2.33. The average Bonchev–Trinajstić information content (AvgIpc) is 3.77. The number of hydrogen-bond acceptors (Lipinski definition) is 15. The van der Waals surface area contributed by atoms with Gasteiger partial charge in [-0.1, -0.05) is 67.1 Å². The quantitative estimate of drug-likeness (QED) is 0.0335. The minimum absolute atomic E-state index is 0.0692. The summed E-state index contributed by atoms with van der Waals surface area (Å²) in [6.07, 6.45) is 8.16. The lowest BCUT2D eigenvalue weighted by Crippen LogP contribution is -2.53. The Morgan fingerprint density at radius 1 is 0.545 bits per heavy atom. The molecule has 490 valence electrons. The molecule has 2 heterocycles. The van der Waals surface area contributed by atoms with Crippen molar-refractivity contribution in [2.75, 3.05) is 104 Å². The summed E-state index contributed by atoms with van der Waals surface area (Å²) in [5.74, 6) is -3.66. The van der Waals surface area contributed by atoms with Gasteiger partial charge in [-0.15, -0.1) is 0 Å². The van der Waals surface area contributed by atoms with Gasteiger partial charge in [-0.3, -0.25) is 43.2 Å². The predicted octanol–water partition coefficient (Wildman–Crippen LogP) is 1.44. The monoisotopic (exact) mass is 1250 g/mol. The van der Waals surface area contributed by atoms with Crippen LogP contribution in [0.4, 0.5) is 4.79 Å². The second kappa shape index (κ2) is 40.6. The molecule has 2 fully saturated rings. The molecule has 0 bridgehead atoms. The van der Waals surface area contributed by atoms with Crippen LogP contribution >= 0.6 is 11.8 Å². The number of thioether (sulfide) groups is 1. The number of unbranched alkanes of at least 4 members (excludes halogenated alkanes) is 6. The van der Waals surface area contributed by atoms with E-state index in [1.54, 1.807) is 50.2 Å². The number of nitrogens with two attached hydrogens (primary N) is 5. The highest BCUT2D eigenvalue weighted by atomic mass is 32.2. The maximum Gasteiger partial charge on any atom is 0.315 e. The third-order valence-electron chi connectivity index (χ3n) is 16.1. The van der Waals surface area contributed by atoms with Gasteiger partial charge in [-0.05, 0) is 135 Å². The fourth-order valence-corrected chi connectivity index (χ4v) is 12.3. The number of rotatable bonds is 44. The molecule has 0 saturated carbocycles. The molecule has 6 atom stereocenters. The Hall–Kier alpha value is -6.87. The summed E-state index contributed by atoms with van der Waals surface area (Å²) >= 11 is 1.84. The normalized spacial score (nSPS) is 16.0. The van der Waals surface area contributed by atoms with E-state index in [4.69, 9.17) is 28.7 Å². The molecule has 2 aromatic carbocycles. The zero-order valence-corrected chi connectivity index (χ0v) is 53.0. The van der Waals surface area contributed by atoms with Crippen LogP contribution < -0.4 is 49.9 Å². The SMILES string of the molecule is CC(=O)N(CCCCN)CC(=O)N(CCCCN)CC(=O)N(CCCCN)CC(=O)N(CC(=O)N(CCCCN)CC(=O)N(CC(=O)NC(CCCCNC(=O)CCCCC1SC[C@@H]2NC(=O)N[C@H]12)C(N)=O)[C@@H](C)c1ccccc1)[C@@H](C)c1ccccc1. The lowest BCUT2D eigenvalue weighted by Gasteiger charge is -2.35. The van der Waals surface area contributed by atoms with Crippen molar-refractivity contribution in [3.63, 3.8) is 0 Å². The van der Waals surface area contributed by atoms with Crippen LogP contribution in [0.5, 0.6) is 0 Å². The van der Waals surface area contributed by atoms with Crippen molar-refractivity contribution in [1.82, 2.24) is 50.7 Å². The number of carbonyl (C=O) groups excluding carboxylic acids is 10. The zero-order chi connectivity index (χ0) is 64.4. The van der Waals surface area contributed by atoms with Gasteiger partial charge >= 0.3 is 6.03 Å². The molecule has 0 spiro atoms. The number of fused-ring (bicyclic) bond motifs is 1. The largest absolute Gasteiger partial charge is 0.368 e. The van der Waals surface area contributed by atoms with Crippen LogP contribution in [0.25, 0.3) is 0 Å². The van der Waals surface area contributed by atoms with E-state index in [-0.39, 0.29) is 69.1 Å². The van der Waals surface area contributed by atoms with Gasteiger partial charge in [0.15, 0.2) is 0 Å². The van der Waals surface area contributed by atoms with Gasteiger partial charge < -0.3 is 79.3 Å². The minimum atomic E-state index is -1.08. The number of amides is 11.